The normalized spacial score (nSPS) is 10.7. The van der Waals surface area contributed by atoms with Crippen LogP contribution < -0.4 is 0 Å². The van der Waals surface area contributed by atoms with Crippen LogP contribution in [-0.2, 0) is 0 Å². The monoisotopic (exact) mass is 285 g/mol. The van der Waals surface area contributed by atoms with Crippen LogP contribution in [-0.4, -0.2) is 11.3 Å². The number of carbonyl (C=O) groups excluding carboxylic acids is 1. The molecule has 0 fully saturated rings. The minimum atomic E-state index is -0.473. The molecule has 0 N–H and O–H groups in total. The first-order valence-corrected chi connectivity index (χ1v) is 6.36. The van der Waals surface area contributed by atoms with Gasteiger partial charge in [-0.3, -0.25) is 9.78 Å². The Kier molecular flexibility index (Phi) is 3.20. The van der Waals surface area contributed by atoms with Crippen LogP contribution in [0.5, 0.6) is 0 Å². The topological polar surface area (TPSA) is 30.0 Å². The molecule has 0 aliphatic rings. The molecule has 0 unspecified atom stereocenters. The van der Waals surface area contributed by atoms with Gasteiger partial charge in [-0.2, -0.15) is 0 Å². The van der Waals surface area contributed by atoms with Crippen molar-refractivity contribution in [2.75, 3.05) is 0 Å². The Morgan fingerprint density at radius 2 is 2.00 bits per heavy atom. The number of nitrogens with zero attached hydrogens (tertiary/aromatic N) is 1. The number of carbonyl (C=O) groups is 1. The summed E-state index contributed by atoms with van der Waals surface area (Å²) in [6.07, 6.45) is 2.46. The SMILES string of the molecule is O=Cc1cc(-c2ccc(F)c(Cl)c2)c2ncccc2c1. The second-order valence-corrected chi connectivity index (χ2v) is 4.80. The largest absolute Gasteiger partial charge is 0.298 e. The van der Waals surface area contributed by atoms with Gasteiger partial charge >= 0.3 is 0 Å². The molecule has 4 heteroatoms. The molecular weight excluding hydrogens is 277 g/mol. The van der Waals surface area contributed by atoms with Crippen molar-refractivity contribution in [3.05, 3.63) is 65.1 Å². The van der Waals surface area contributed by atoms with Gasteiger partial charge in [0.15, 0.2) is 0 Å². The van der Waals surface area contributed by atoms with Gasteiger partial charge in [0, 0.05) is 22.7 Å². The van der Waals surface area contributed by atoms with Crippen LogP contribution in [0.4, 0.5) is 4.39 Å². The zero-order valence-electron chi connectivity index (χ0n) is 10.3. The number of halogens is 2. The number of aldehydes is 1. The fraction of sp³-hybridized carbons (Fsp3) is 0. The number of fused-ring (bicyclic) bond motifs is 1. The molecule has 20 heavy (non-hydrogen) atoms. The highest BCUT2D eigenvalue weighted by atomic mass is 35.5. The van der Waals surface area contributed by atoms with E-state index in [4.69, 9.17) is 11.6 Å². The van der Waals surface area contributed by atoms with Gasteiger partial charge in [0.2, 0.25) is 0 Å². The van der Waals surface area contributed by atoms with Crippen LogP contribution in [0.2, 0.25) is 5.02 Å². The third-order valence-electron chi connectivity index (χ3n) is 3.09. The Morgan fingerprint density at radius 3 is 2.75 bits per heavy atom. The van der Waals surface area contributed by atoms with Gasteiger partial charge in [-0.15, -0.1) is 0 Å². The number of benzene rings is 2. The van der Waals surface area contributed by atoms with Crippen LogP contribution in [0.25, 0.3) is 22.0 Å². The van der Waals surface area contributed by atoms with E-state index in [1.165, 1.54) is 12.1 Å². The van der Waals surface area contributed by atoms with E-state index in [1.807, 2.05) is 6.07 Å². The maximum atomic E-state index is 13.3. The molecule has 0 bridgehead atoms. The Hall–Kier alpha value is -2.26. The Labute approximate surface area is 119 Å². The summed E-state index contributed by atoms with van der Waals surface area (Å²) in [5.74, 6) is -0.473. The van der Waals surface area contributed by atoms with Crippen molar-refractivity contribution < 1.29 is 9.18 Å². The molecule has 2 aromatic carbocycles. The van der Waals surface area contributed by atoms with E-state index in [0.717, 1.165) is 28.3 Å². The molecule has 0 aliphatic heterocycles. The lowest BCUT2D eigenvalue weighted by Gasteiger charge is -2.08. The maximum Gasteiger partial charge on any atom is 0.150 e. The first kappa shape index (κ1) is 12.8. The Balaban J connectivity index is 2.33. The fourth-order valence-corrected chi connectivity index (χ4v) is 2.35. The number of hydrogen-bond donors (Lipinski definition) is 0. The summed E-state index contributed by atoms with van der Waals surface area (Å²) >= 11 is 5.82. The van der Waals surface area contributed by atoms with Crippen molar-refractivity contribution in [2.45, 2.75) is 0 Å². The summed E-state index contributed by atoms with van der Waals surface area (Å²) < 4.78 is 13.3. The Morgan fingerprint density at radius 1 is 1.15 bits per heavy atom. The highest BCUT2D eigenvalue weighted by Gasteiger charge is 2.09. The van der Waals surface area contributed by atoms with E-state index in [1.54, 1.807) is 30.5 Å². The molecule has 1 heterocycles. The number of pyridine rings is 1. The van der Waals surface area contributed by atoms with Crippen molar-refractivity contribution >= 4 is 28.8 Å². The van der Waals surface area contributed by atoms with E-state index < -0.39 is 5.82 Å². The van der Waals surface area contributed by atoms with E-state index in [-0.39, 0.29) is 5.02 Å². The minimum absolute atomic E-state index is 0.0445. The molecule has 0 saturated heterocycles. The number of hydrogen-bond acceptors (Lipinski definition) is 2. The molecule has 0 amide bonds. The molecule has 0 atom stereocenters. The quantitative estimate of drug-likeness (QED) is 0.649. The lowest BCUT2D eigenvalue weighted by molar-refractivity contribution is 0.112. The van der Waals surface area contributed by atoms with Crippen molar-refractivity contribution in [1.82, 2.24) is 4.98 Å². The van der Waals surface area contributed by atoms with Gasteiger partial charge in [-0.1, -0.05) is 23.7 Å². The molecule has 0 aliphatic carbocycles. The zero-order valence-corrected chi connectivity index (χ0v) is 11.1. The first-order valence-electron chi connectivity index (χ1n) is 5.98. The Bertz CT molecular complexity index is 817. The van der Waals surface area contributed by atoms with Crippen molar-refractivity contribution in [3.63, 3.8) is 0 Å². The summed E-state index contributed by atoms with van der Waals surface area (Å²) in [4.78, 5) is 15.4. The van der Waals surface area contributed by atoms with E-state index in [0.29, 0.717) is 5.56 Å². The van der Waals surface area contributed by atoms with E-state index in [9.17, 15) is 9.18 Å². The summed E-state index contributed by atoms with van der Waals surface area (Å²) in [5.41, 5.74) is 2.78. The average Bonchev–Trinajstić information content (AvgIpc) is 2.49. The van der Waals surface area contributed by atoms with Gasteiger partial charge in [0.1, 0.15) is 12.1 Å². The molecule has 0 radical (unpaired) electrons. The predicted molar refractivity (Wildman–Crippen MR) is 77.5 cm³/mol. The van der Waals surface area contributed by atoms with E-state index >= 15 is 0 Å². The minimum Gasteiger partial charge on any atom is -0.298 e. The summed E-state index contributed by atoms with van der Waals surface area (Å²) in [7, 11) is 0. The molecule has 0 saturated carbocycles. The molecule has 98 valence electrons. The molecular formula is C16H9ClFNO. The smallest absolute Gasteiger partial charge is 0.150 e. The molecule has 3 aromatic rings. The van der Waals surface area contributed by atoms with E-state index in [2.05, 4.69) is 4.98 Å². The lowest BCUT2D eigenvalue weighted by Crippen LogP contribution is -1.89. The van der Waals surface area contributed by atoms with Crippen LogP contribution in [0, 0.1) is 5.82 Å². The first-order chi connectivity index (χ1) is 9.69. The van der Waals surface area contributed by atoms with Gasteiger partial charge in [0.25, 0.3) is 0 Å². The summed E-state index contributed by atoms with van der Waals surface area (Å²) in [6.45, 7) is 0. The zero-order chi connectivity index (χ0) is 14.1. The number of rotatable bonds is 2. The van der Waals surface area contributed by atoms with Gasteiger partial charge in [-0.25, -0.2) is 4.39 Å². The number of aromatic nitrogens is 1. The standard InChI is InChI=1S/C16H9ClFNO/c17-14-8-11(3-4-15(14)18)13-7-10(9-20)6-12-2-1-5-19-16(12)13/h1-9H. The third-order valence-corrected chi connectivity index (χ3v) is 3.38. The van der Waals surface area contributed by atoms with Gasteiger partial charge < -0.3 is 0 Å². The highest BCUT2D eigenvalue weighted by Crippen LogP contribution is 2.30. The molecule has 2 nitrogen and oxygen atoms in total. The van der Waals surface area contributed by atoms with Crippen molar-refractivity contribution in [3.8, 4) is 11.1 Å². The van der Waals surface area contributed by atoms with Crippen LogP contribution in [0.1, 0.15) is 10.4 Å². The van der Waals surface area contributed by atoms with Crippen molar-refractivity contribution in [2.24, 2.45) is 0 Å². The average molecular weight is 286 g/mol. The molecule has 1 aromatic heterocycles. The second-order valence-electron chi connectivity index (χ2n) is 4.39. The van der Waals surface area contributed by atoms with Crippen LogP contribution in [0.3, 0.4) is 0 Å². The summed E-state index contributed by atoms with van der Waals surface area (Å²) in [6, 6.07) is 11.6. The van der Waals surface area contributed by atoms with Crippen LogP contribution in [0.15, 0.2) is 48.7 Å². The van der Waals surface area contributed by atoms with Crippen LogP contribution >= 0.6 is 11.6 Å². The van der Waals surface area contributed by atoms with Gasteiger partial charge in [-0.05, 0) is 35.9 Å². The fourth-order valence-electron chi connectivity index (χ4n) is 2.17. The molecule has 3 rings (SSSR count). The second kappa shape index (κ2) is 5.02. The molecule has 0 spiro atoms. The maximum absolute atomic E-state index is 13.3. The highest BCUT2D eigenvalue weighted by molar-refractivity contribution is 6.31. The van der Waals surface area contributed by atoms with Gasteiger partial charge in [0.05, 0.1) is 10.5 Å². The van der Waals surface area contributed by atoms with Crippen molar-refractivity contribution in [1.29, 1.82) is 0 Å². The lowest BCUT2D eigenvalue weighted by atomic mass is 9.99. The summed E-state index contributed by atoms with van der Waals surface area (Å²) in [5, 5.41) is 0.899. The predicted octanol–water partition coefficient (Wildman–Crippen LogP) is 4.51. The third kappa shape index (κ3) is 2.17.